The van der Waals surface area contributed by atoms with Crippen molar-refractivity contribution in [2.24, 2.45) is 5.92 Å². The Bertz CT molecular complexity index is 1010. The number of carbonyl (C=O) groups excluding carboxylic acids is 2. The molecule has 2 aliphatic heterocycles. The van der Waals surface area contributed by atoms with Gasteiger partial charge in [0.15, 0.2) is 5.82 Å². The molecule has 3 heterocycles. The summed E-state index contributed by atoms with van der Waals surface area (Å²) in [6.07, 6.45) is 1.95. The zero-order chi connectivity index (χ0) is 22.1. The molecule has 1 aromatic carbocycles. The molecule has 1 aromatic heterocycles. The van der Waals surface area contributed by atoms with Gasteiger partial charge in [0.25, 0.3) is 0 Å². The van der Waals surface area contributed by atoms with Crippen LogP contribution in [0.3, 0.4) is 0 Å². The van der Waals surface area contributed by atoms with Gasteiger partial charge in [0.1, 0.15) is 10.9 Å². The first-order chi connectivity index (χ1) is 14.9. The van der Waals surface area contributed by atoms with Crippen LogP contribution in [0.25, 0.3) is 0 Å². The van der Waals surface area contributed by atoms with Crippen molar-refractivity contribution in [2.45, 2.75) is 6.42 Å². The van der Waals surface area contributed by atoms with Crippen LogP contribution in [0.5, 0.6) is 0 Å². The Morgan fingerprint density at radius 3 is 2.71 bits per heavy atom. The highest BCUT2D eigenvalue weighted by Crippen LogP contribution is 2.33. The molecule has 2 amide bonds. The third kappa shape index (κ3) is 4.55. The lowest BCUT2D eigenvalue weighted by atomic mass is 9.91. The maximum atomic E-state index is 12.5. The van der Waals surface area contributed by atoms with E-state index in [2.05, 4.69) is 51.5 Å². The molecule has 0 bridgehead atoms. The number of nitrogens with one attached hydrogen (secondary N) is 2. The average molecular weight is 556 g/mol. The highest BCUT2D eigenvalue weighted by atomic mass is 127. The van der Waals surface area contributed by atoms with Crippen LogP contribution in [-0.4, -0.2) is 65.2 Å². The van der Waals surface area contributed by atoms with Gasteiger partial charge in [0.2, 0.25) is 17.8 Å². The van der Waals surface area contributed by atoms with Crippen LogP contribution in [0, 0.1) is 5.92 Å². The number of carbonyl (C=O) groups is 2. The molecule has 11 heteroatoms. The Morgan fingerprint density at radius 1 is 1.26 bits per heavy atom. The highest BCUT2D eigenvalue weighted by Gasteiger charge is 2.35. The quantitative estimate of drug-likeness (QED) is 0.340. The van der Waals surface area contributed by atoms with Gasteiger partial charge in [-0.2, -0.15) is 4.98 Å². The minimum Gasteiger partial charge on any atom is -0.358 e. The molecule has 2 aliphatic rings. The van der Waals surface area contributed by atoms with Crippen molar-refractivity contribution in [3.8, 4) is 0 Å². The third-order valence-electron chi connectivity index (χ3n) is 5.56. The fourth-order valence-corrected chi connectivity index (χ4v) is 4.38. The molecule has 0 radical (unpaired) electrons. The number of benzene rings is 1. The van der Waals surface area contributed by atoms with Gasteiger partial charge in [-0.1, -0.05) is 11.6 Å². The van der Waals surface area contributed by atoms with Crippen molar-refractivity contribution in [3.63, 3.8) is 0 Å². The molecular weight excluding hydrogens is 533 g/mol. The minimum absolute atomic E-state index is 0.206. The van der Waals surface area contributed by atoms with Crippen molar-refractivity contribution in [2.75, 3.05) is 55.4 Å². The summed E-state index contributed by atoms with van der Waals surface area (Å²) in [7, 11) is 3.23. The Kier molecular flexibility index (Phi) is 6.49. The third-order valence-corrected chi connectivity index (χ3v) is 6.80. The molecule has 1 fully saturated rings. The van der Waals surface area contributed by atoms with Crippen LogP contribution < -0.4 is 20.4 Å². The largest absolute Gasteiger partial charge is 0.358 e. The minimum atomic E-state index is -0.733. The van der Waals surface area contributed by atoms with Crippen molar-refractivity contribution in [1.82, 2.24) is 18.4 Å². The SMILES string of the molecule is CNC(=O)C1Cc2cc(Nc3nc(N4CCN(I)CC4)ncc3Cl)ccc2N(C)C1=O. The maximum absolute atomic E-state index is 12.5. The zero-order valence-corrected chi connectivity index (χ0v) is 20.1. The second-order valence-corrected chi connectivity index (χ2v) is 9.27. The number of piperazine rings is 1. The molecule has 0 spiro atoms. The Hall–Kier alpha value is -2.18. The first-order valence-electron chi connectivity index (χ1n) is 9.94. The summed E-state index contributed by atoms with van der Waals surface area (Å²) in [5, 5.41) is 6.26. The molecule has 164 valence electrons. The van der Waals surface area contributed by atoms with Crippen LogP contribution in [0.2, 0.25) is 5.02 Å². The summed E-state index contributed by atoms with van der Waals surface area (Å²) in [4.78, 5) is 37.4. The van der Waals surface area contributed by atoms with Crippen LogP contribution in [0.1, 0.15) is 5.56 Å². The second kappa shape index (κ2) is 9.13. The standard InChI is InChI=1S/C20H23ClIN7O2/c1-23-18(30)14-10-12-9-13(3-4-16(12)27(2)19(14)31)25-17-15(21)11-24-20(26-17)28-5-7-29(22)8-6-28/h3-4,9,11,14H,5-8,10H2,1-2H3,(H,23,30)(H,24,25,26). The zero-order valence-electron chi connectivity index (χ0n) is 17.2. The predicted molar refractivity (Wildman–Crippen MR) is 129 cm³/mol. The fourth-order valence-electron chi connectivity index (χ4n) is 3.81. The van der Waals surface area contributed by atoms with Gasteiger partial charge in [-0.15, -0.1) is 0 Å². The normalized spacial score (nSPS) is 19.2. The van der Waals surface area contributed by atoms with Gasteiger partial charge in [0.05, 0.1) is 6.20 Å². The summed E-state index contributed by atoms with van der Waals surface area (Å²) in [5.74, 6) is -0.0619. The number of rotatable bonds is 4. The molecule has 9 nitrogen and oxygen atoms in total. The summed E-state index contributed by atoms with van der Waals surface area (Å²) in [5.41, 5.74) is 2.48. The smallest absolute Gasteiger partial charge is 0.239 e. The molecule has 4 rings (SSSR count). The van der Waals surface area contributed by atoms with Crippen molar-refractivity contribution >= 4 is 69.4 Å². The fraction of sp³-hybridized carbons (Fsp3) is 0.400. The van der Waals surface area contributed by atoms with Crippen LogP contribution in [0.4, 0.5) is 23.1 Å². The van der Waals surface area contributed by atoms with E-state index in [1.54, 1.807) is 13.2 Å². The Balaban J connectivity index is 1.57. The Morgan fingerprint density at radius 2 is 2.00 bits per heavy atom. The molecule has 31 heavy (non-hydrogen) atoms. The predicted octanol–water partition coefficient (Wildman–Crippen LogP) is 2.23. The number of aromatic nitrogens is 2. The number of anilines is 4. The van der Waals surface area contributed by atoms with Crippen molar-refractivity contribution < 1.29 is 9.59 Å². The van der Waals surface area contributed by atoms with Crippen LogP contribution in [-0.2, 0) is 16.0 Å². The van der Waals surface area contributed by atoms with Crippen molar-refractivity contribution in [1.29, 1.82) is 0 Å². The van der Waals surface area contributed by atoms with E-state index in [1.165, 1.54) is 11.9 Å². The van der Waals surface area contributed by atoms with E-state index in [-0.39, 0.29) is 11.8 Å². The summed E-state index contributed by atoms with van der Waals surface area (Å²) < 4.78 is 2.24. The number of hydrogen-bond donors (Lipinski definition) is 2. The van der Waals surface area contributed by atoms with Crippen LogP contribution in [0.15, 0.2) is 24.4 Å². The van der Waals surface area contributed by atoms with Gasteiger partial charge >= 0.3 is 0 Å². The van der Waals surface area contributed by atoms with E-state index in [9.17, 15) is 9.59 Å². The highest BCUT2D eigenvalue weighted by molar-refractivity contribution is 14.1. The lowest BCUT2D eigenvalue weighted by Gasteiger charge is -2.31. The van der Waals surface area contributed by atoms with Gasteiger partial charge in [0, 0.05) is 74.5 Å². The summed E-state index contributed by atoms with van der Waals surface area (Å²) >= 11 is 8.68. The number of halogens is 2. The molecule has 0 aliphatic carbocycles. The van der Waals surface area contributed by atoms with Gasteiger partial charge in [-0.3, -0.25) is 9.59 Å². The van der Waals surface area contributed by atoms with Crippen molar-refractivity contribution in [3.05, 3.63) is 35.0 Å². The average Bonchev–Trinajstić information content (AvgIpc) is 2.77. The van der Waals surface area contributed by atoms with E-state index in [4.69, 9.17) is 11.6 Å². The van der Waals surface area contributed by atoms with E-state index in [1.807, 2.05) is 18.2 Å². The van der Waals surface area contributed by atoms with Gasteiger partial charge in [-0.25, -0.2) is 8.10 Å². The molecule has 2 aromatic rings. The first kappa shape index (κ1) is 22.0. The molecular formula is C20H23ClIN7O2. The van der Waals surface area contributed by atoms with Gasteiger partial charge in [-0.05, 0) is 30.2 Å². The molecule has 1 unspecified atom stereocenters. The number of hydrogen-bond acceptors (Lipinski definition) is 7. The van der Waals surface area contributed by atoms with E-state index >= 15 is 0 Å². The van der Waals surface area contributed by atoms with Gasteiger partial charge < -0.3 is 20.4 Å². The second-order valence-electron chi connectivity index (χ2n) is 7.50. The number of fused-ring (bicyclic) bond motifs is 1. The summed E-state index contributed by atoms with van der Waals surface area (Å²) in [6, 6.07) is 5.67. The van der Waals surface area contributed by atoms with Crippen LogP contribution >= 0.6 is 34.5 Å². The number of nitrogens with zero attached hydrogens (tertiary/aromatic N) is 5. The first-order valence-corrected chi connectivity index (χ1v) is 11.3. The molecule has 1 atom stereocenters. The lowest BCUT2D eigenvalue weighted by Crippen LogP contribution is -2.45. The summed E-state index contributed by atoms with van der Waals surface area (Å²) in [6.45, 7) is 3.59. The topological polar surface area (TPSA) is 93.7 Å². The lowest BCUT2D eigenvalue weighted by molar-refractivity contribution is -0.133. The molecule has 2 N–H and O–H groups in total. The molecule has 1 saturated heterocycles. The van der Waals surface area contributed by atoms with E-state index < -0.39 is 5.92 Å². The monoisotopic (exact) mass is 555 g/mol. The Labute approximate surface area is 199 Å². The van der Waals surface area contributed by atoms with E-state index in [0.717, 1.165) is 43.1 Å². The maximum Gasteiger partial charge on any atom is 0.239 e. The molecule has 0 saturated carbocycles. The van der Waals surface area contributed by atoms with E-state index in [0.29, 0.717) is 23.2 Å². The number of amides is 2.